The number of carbonyl (C=O) groups excluding carboxylic acids is 1. The van der Waals surface area contributed by atoms with Crippen molar-refractivity contribution in [3.63, 3.8) is 0 Å². The lowest BCUT2D eigenvalue weighted by Gasteiger charge is -2.15. The molecule has 0 spiro atoms. The summed E-state index contributed by atoms with van der Waals surface area (Å²) in [7, 11) is 0. The van der Waals surface area contributed by atoms with E-state index >= 15 is 0 Å². The largest absolute Gasteiger partial charge is 0.454 e. The second-order valence-corrected chi connectivity index (χ2v) is 7.90. The number of hydrogen-bond donors (Lipinski definition) is 1. The van der Waals surface area contributed by atoms with Crippen molar-refractivity contribution >= 4 is 16.8 Å². The minimum Gasteiger partial charge on any atom is -0.454 e. The van der Waals surface area contributed by atoms with E-state index in [1.54, 1.807) is 42.5 Å². The molecule has 2 aliphatic heterocycles. The predicted molar refractivity (Wildman–Crippen MR) is 116 cm³/mol. The highest BCUT2D eigenvalue weighted by Crippen LogP contribution is 2.32. The Morgan fingerprint density at radius 1 is 1.06 bits per heavy atom. The summed E-state index contributed by atoms with van der Waals surface area (Å²) in [5.41, 5.74) is 0.202. The van der Waals surface area contributed by atoms with Crippen molar-refractivity contribution in [1.29, 1.82) is 0 Å². The molecular weight excluding hydrogens is 414 g/mol. The molecule has 0 aliphatic carbocycles. The predicted octanol–water partition coefficient (Wildman–Crippen LogP) is 1.24. The van der Waals surface area contributed by atoms with Gasteiger partial charge < -0.3 is 19.5 Å². The van der Waals surface area contributed by atoms with Crippen LogP contribution in [0.2, 0.25) is 0 Å². The van der Waals surface area contributed by atoms with E-state index in [1.807, 2.05) is 0 Å². The molecule has 1 N–H and O–H groups in total. The number of amides is 1. The van der Waals surface area contributed by atoms with Gasteiger partial charge in [0.25, 0.3) is 5.56 Å². The zero-order valence-corrected chi connectivity index (χ0v) is 17.4. The molecule has 2 aliphatic rings. The number of carbonyl (C=O) groups is 1. The van der Waals surface area contributed by atoms with Crippen LogP contribution in [0.1, 0.15) is 18.4 Å². The number of aromatic nitrogens is 2. The normalized spacial score (nSPS) is 17.1. The quantitative estimate of drug-likeness (QED) is 0.623. The first kappa shape index (κ1) is 20.3. The highest BCUT2D eigenvalue weighted by Gasteiger charge is 2.19. The van der Waals surface area contributed by atoms with Crippen LogP contribution in [0.25, 0.3) is 10.9 Å². The van der Waals surface area contributed by atoms with Crippen molar-refractivity contribution < 1.29 is 19.0 Å². The van der Waals surface area contributed by atoms with Gasteiger partial charge in [-0.05, 0) is 42.7 Å². The molecular formula is C23H23N3O6. The molecule has 1 saturated heterocycles. The van der Waals surface area contributed by atoms with Crippen LogP contribution in [0.5, 0.6) is 11.5 Å². The Kier molecular flexibility index (Phi) is 5.40. The van der Waals surface area contributed by atoms with Gasteiger partial charge in [-0.1, -0.05) is 18.2 Å². The first-order chi connectivity index (χ1) is 15.6. The van der Waals surface area contributed by atoms with Gasteiger partial charge in [-0.3, -0.25) is 18.7 Å². The van der Waals surface area contributed by atoms with Gasteiger partial charge in [0.2, 0.25) is 12.7 Å². The Morgan fingerprint density at radius 2 is 1.91 bits per heavy atom. The molecule has 3 aromatic rings. The number of fused-ring (bicyclic) bond motifs is 2. The maximum absolute atomic E-state index is 13.3. The van der Waals surface area contributed by atoms with E-state index in [0.717, 1.165) is 23.0 Å². The molecule has 1 unspecified atom stereocenters. The third kappa shape index (κ3) is 3.87. The van der Waals surface area contributed by atoms with Gasteiger partial charge in [-0.25, -0.2) is 4.79 Å². The van der Waals surface area contributed by atoms with Gasteiger partial charge in [0, 0.05) is 13.2 Å². The number of ether oxygens (including phenoxy) is 3. The molecule has 0 bridgehead atoms. The van der Waals surface area contributed by atoms with E-state index in [0.29, 0.717) is 35.6 Å². The topological polar surface area (TPSA) is 101 Å². The van der Waals surface area contributed by atoms with Crippen molar-refractivity contribution in [3.05, 3.63) is 68.9 Å². The van der Waals surface area contributed by atoms with Crippen LogP contribution < -0.4 is 26.0 Å². The van der Waals surface area contributed by atoms with E-state index < -0.39 is 11.2 Å². The molecule has 1 fully saturated rings. The fourth-order valence-electron chi connectivity index (χ4n) is 4.12. The second kappa shape index (κ2) is 8.51. The summed E-state index contributed by atoms with van der Waals surface area (Å²) in [6.45, 7) is 1.12. The second-order valence-electron chi connectivity index (χ2n) is 7.90. The van der Waals surface area contributed by atoms with Gasteiger partial charge in [-0.15, -0.1) is 0 Å². The van der Waals surface area contributed by atoms with Crippen LogP contribution in [0.15, 0.2) is 52.1 Å². The lowest BCUT2D eigenvalue weighted by Crippen LogP contribution is -2.43. The Labute approximate surface area is 183 Å². The molecule has 1 amide bonds. The summed E-state index contributed by atoms with van der Waals surface area (Å²) in [4.78, 5) is 39.0. The maximum Gasteiger partial charge on any atom is 0.332 e. The first-order valence-corrected chi connectivity index (χ1v) is 10.6. The molecule has 2 aromatic carbocycles. The maximum atomic E-state index is 13.3. The number of hydrogen-bond acceptors (Lipinski definition) is 6. The van der Waals surface area contributed by atoms with Crippen LogP contribution in [0.3, 0.4) is 0 Å². The first-order valence-electron chi connectivity index (χ1n) is 10.6. The number of nitrogens with one attached hydrogen (secondary N) is 1. The fraction of sp³-hybridized carbons (Fsp3) is 0.348. The van der Waals surface area contributed by atoms with E-state index in [9.17, 15) is 14.4 Å². The third-order valence-corrected chi connectivity index (χ3v) is 5.76. The van der Waals surface area contributed by atoms with E-state index in [-0.39, 0.29) is 31.9 Å². The summed E-state index contributed by atoms with van der Waals surface area (Å²) in [5, 5.41) is 3.21. The third-order valence-electron chi connectivity index (χ3n) is 5.76. The highest BCUT2D eigenvalue weighted by molar-refractivity contribution is 5.81. The van der Waals surface area contributed by atoms with Crippen molar-refractivity contribution in [3.8, 4) is 11.5 Å². The SMILES string of the molecule is O=C(Cn1c(=O)n(Cc2ccc3c(c2)OCO3)c(=O)c2ccccc21)NCC1CCCO1. The number of para-hydroxylation sites is 1. The standard InChI is InChI=1S/C23H23N3O6/c27-21(24-11-16-4-3-9-30-16)13-25-18-6-2-1-5-17(18)22(28)26(23(25)29)12-15-7-8-19-20(10-15)32-14-31-19/h1-2,5-8,10,16H,3-4,9,11-14H2,(H,24,27). The fourth-order valence-corrected chi connectivity index (χ4v) is 4.12. The summed E-state index contributed by atoms with van der Waals surface area (Å²) in [5.74, 6) is 0.895. The summed E-state index contributed by atoms with van der Waals surface area (Å²) < 4.78 is 18.7. The van der Waals surface area contributed by atoms with E-state index in [1.165, 1.54) is 4.57 Å². The van der Waals surface area contributed by atoms with Crippen molar-refractivity contribution in [2.75, 3.05) is 19.9 Å². The molecule has 3 heterocycles. The summed E-state index contributed by atoms with van der Waals surface area (Å²) >= 11 is 0. The smallest absolute Gasteiger partial charge is 0.332 e. The average Bonchev–Trinajstić information content (AvgIpc) is 3.50. The molecule has 1 atom stereocenters. The molecule has 166 valence electrons. The monoisotopic (exact) mass is 437 g/mol. The molecule has 1 aromatic heterocycles. The number of benzene rings is 2. The summed E-state index contributed by atoms with van der Waals surface area (Å²) in [6, 6.07) is 12.1. The molecule has 0 radical (unpaired) electrons. The molecule has 9 nitrogen and oxygen atoms in total. The van der Waals surface area contributed by atoms with Gasteiger partial charge >= 0.3 is 5.69 Å². The minimum atomic E-state index is -0.543. The van der Waals surface area contributed by atoms with Crippen LogP contribution in [-0.4, -0.2) is 41.1 Å². The Bertz CT molecular complexity index is 1290. The minimum absolute atomic E-state index is 0.00683. The number of nitrogens with zero attached hydrogens (tertiary/aromatic N) is 2. The van der Waals surface area contributed by atoms with E-state index in [2.05, 4.69) is 5.32 Å². The van der Waals surface area contributed by atoms with Crippen LogP contribution in [-0.2, 0) is 22.6 Å². The number of rotatable bonds is 6. The molecule has 9 heteroatoms. The van der Waals surface area contributed by atoms with Gasteiger partial charge in [0.05, 0.1) is 23.6 Å². The van der Waals surface area contributed by atoms with Crippen molar-refractivity contribution in [2.45, 2.75) is 32.0 Å². The average molecular weight is 437 g/mol. The summed E-state index contributed by atoms with van der Waals surface area (Å²) in [6.07, 6.45) is 1.89. The van der Waals surface area contributed by atoms with Crippen LogP contribution in [0, 0.1) is 0 Å². The lowest BCUT2D eigenvalue weighted by molar-refractivity contribution is -0.122. The van der Waals surface area contributed by atoms with Crippen molar-refractivity contribution in [1.82, 2.24) is 14.5 Å². The zero-order chi connectivity index (χ0) is 22.1. The Morgan fingerprint density at radius 3 is 2.75 bits per heavy atom. The van der Waals surface area contributed by atoms with Gasteiger partial charge in [-0.2, -0.15) is 0 Å². The molecule has 0 saturated carbocycles. The molecule has 32 heavy (non-hydrogen) atoms. The Hall–Kier alpha value is -3.59. The van der Waals surface area contributed by atoms with Gasteiger partial charge in [0.15, 0.2) is 11.5 Å². The highest BCUT2D eigenvalue weighted by atomic mass is 16.7. The Balaban J connectivity index is 1.47. The zero-order valence-electron chi connectivity index (χ0n) is 17.4. The lowest BCUT2D eigenvalue weighted by atomic mass is 10.2. The van der Waals surface area contributed by atoms with E-state index in [4.69, 9.17) is 14.2 Å². The van der Waals surface area contributed by atoms with Crippen molar-refractivity contribution in [2.24, 2.45) is 0 Å². The molecule has 5 rings (SSSR count). The van der Waals surface area contributed by atoms with Crippen LogP contribution in [0.4, 0.5) is 0 Å². The van der Waals surface area contributed by atoms with Crippen LogP contribution >= 0.6 is 0 Å². The van der Waals surface area contributed by atoms with Gasteiger partial charge in [0.1, 0.15) is 6.54 Å².